The molecule has 0 saturated carbocycles. The van der Waals surface area contributed by atoms with E-state index in [-0.39, 0.29) is 10.9 Å². The van der Waals surface area contributed by atoms with Gasteiger partial charge in [0, 0.05) is 26.2 Å². The topological polar surface area (TPSA) is 74.7 Å². The van der Waals surface area contributed by atoms with Gasteiger partial charge in [-0.1, -0.05) is 0 Å². The zero-order valence-corrected chi connectivity index (χ0v) is 8.26. The van der Waals surface area contributed by atoms with Crippen LogP contribution in [-0.4, -0.2) is 36.4 Å². The lowest BCUT2D eigenvalue weighted by molar-refractivity contribution is 0.296. The van der Waals surface area contributed by atoms with E-state index in [0.29, 0.717) is 0 Å². The number of anilines is 2. The number of rotatable bonds is 2. The summed E-state index contributed by atoms with van der Waals surface area (Å²) in [5.41, 5.74) is 0.147. The highest BCUT2D eigenvalue weighted by Gasteiger charge is 2.10. The molecule has 2 heterocycles. The van der Waals surface area contributed by atoms with E-state index in [4.69, 9.17) is 5.21 Å². The van der Waals surface area contributed by atoms with Crippen LogP contribution in [0.4, 0.5) is 11.5 Å². The molecule has 6 heteroatoms. The third-order valence-electron chi connectivity index (χ3n) is 2.39. The second-order valence-corrected chi connectivity index (χ2v) is 3.38. The van der Waals surface area contributed by atoms with E-state index >= 15 is 0 Å². The maximum Gasteiger partial charge on any atom is 0.128 e. The van der Waals surface area contributed by atoms with E-state index < -0.39 is 0 Å². The number of piperazine rings is 1. The monoisotopic (exact) mass is 209 g/mol. The van der Waals surface area contributed by atoms with Crippen molar-refractivity contribution in [3.05, 3.63) is 23.5 Å². The van der Waals surface area contributed by atoms with Gasteiger partial charge in [0.15, 0.2) is 0 Å². The number of nitrogens with zero attached hydrogens (tertiary/aromatic N) is 3. The van der Waals surface area contributed by atoms with Crippen molar-refractivity contribution in [2.24, 2.45) is 0 Å². The first-order valence-electron chi connectivity index (χ1n) is 4.85. The number of pyridine rings is 1. The zero-order chi connectivity index (χ0) is 10.7. The summed E-state index contributed by atoms with van der Waals surface area (Å²) < 4.78 is 0. The van der Waals surface area contributed by atoms with Gasteiger partial charge in [-0.3, -0.25) is 5.21 Å². The van der Waals surface area contributed by atoms with Crippen LogP contribution in [-0.2, 0) is 0 Å². The molecule has 1 saturated heterocycles. The molecule has 0 radical (unpaired) electrons. The Hall–Kier alpha value is -1.37. The molecule has 2 rings (SSSR count). The standard InChI is InChI=1S/C9H13N4O2/c14-13(15)8-1-2-9(11-7-8)12-5-3-10-4-6-12/h1-2,7,10,14H,3-6H2/q-1. The van der Waals surface area contributed by atoms with Crippen LogP contribution in [0.25, 0.3) is 0 Å². The van der Waals surface area contributed by atoms with Crippen molar-refractivity contribution in [1.82, 2.24) is 10.3 Å². The SMILES string of the molecule is [O-]N(O)c1ccc(N2CCNCC2)nc1. The molecule has 0 aromatic carbocycles. The van der Waals surface area contributed by atoms with Crippen LogP contribution in [0.15, 0.2) is 18.3 Å². The van der Waals surface area contributed by atoms with E-state index in [2.05, 4.69) is 15.2 Å². The smallest absolute Gasteiger partial charge is 0.128 e. The fourth-order valence-corrected chi connectivity index (χ4v) is 1.57. The minimum Gasteiger partial charge on any atom is -0.733 e. The van der Waals surface area contributed by atoms with E-state index in [1.165, 1.54) is 6.20 Å². The summed E-state index contributed by atoms with van der Waals surface area (Å²) in [6.45, 7) is 3.70. The molecule has 0 bridgehead atoms. The number of aromatic nitrogens is 1. The maximum absolute atomic E-state index is 10.5. The normalized spacial score (nSPS) is 16.5. The first-order valence-corrected chi connectivity index (χ1v) is 4.85. The van der Waals surface area contributed by atoms with Crippen LogP contribution in [0.3, 0.4) is 0 Å². The molecule has 0 amide bonds. The Morgan fingerprint density at radius 1 is 1.40 bits per heavy atom. The Morgan fingerprint density at radius 3 is 2.67 bits per heavy atom. The van der Waals surface area contributed by atoms with Crippen LogP contribution in [0.5, 0.6) is 0 Å². The van der Waals surface area contributed by atoms with Gasteiger partial charge < -0.3 is 20.7 Å². The van der Waals surface area contributed by atoms with Crippen molar-refractivity contribution in [3.8, 4) is 0 Å². The lowest BCUT2D eigenvalue weighted by Crippen LogP contribution is -2.43. The van der Waals surface area contributed by atoms with Gasteiger partial charge >= 0.3 is 0 Å². The van der Waals surface area contributed by atoms with Crippen LogP contribution in [0, 0.1) is 5.21 Å². The van der Waals surface area contributed by atoms with Gasteiger partial charge in [-0.15, -0.1) is 0 Å². The molecule has 0 spiro atoms. The summed E-state index contributed by atoms with van der Waals surface area (Å²) in [5.74, 6) is 0.835. The molecule has 1 aliphatic heterocycles. The highest BCUT2D eigenvalue weighted by molar-refractivity contribution is 5.49. The van der Waals surface area contributed by atoms with Crippen LogP contribution < -0.4 is 15.4 Å². The Kier molecular flexibility index (Phi) is 3.00. The molecule has 1 aromatic heterocycles. The third-order valence-corrected chi connectivity index (χ3v) is 2.39. The average molecular weight is 209 g/mol. The molecule has 82 valence electrons. The molecule has 0 atom stereocenters. The van der Waals surface area contributed by atoms with E-state index in [1.807, 2.05) is 0 Å². The second-order valence-electron chi connectivity index (χ2n) is 3.38. The molecular weight excluding hydrogens is 196 g/mol. The predicted octanol–water partition coefficient (Wildman–Crippen LogP) is 0.185. The minimum absolute atomic E-state index is 0.147. The zero-order valence-electron chi connectivity index (χ0n) is 8.26. The Balaban J connectivity index is 2.08. The van der Waals surface area contributed by atoms with Crippen molar-refractivity contribution >= 4 is 11.5 Å². The largest absolute Gasteiger partial charge is 0.733 e. The van der Waals surface area contributed by atoms with Crippen LogP contribution >= 0.6 is 0 Å². The lowest BCUT2D eigenvalue weighted by atomic mass is 10.3. The molecular formula is C9H13N4O2-. The Labute approximate surface area is 87.7 Å². The van der Waals surface area contributed by atoms with Gasteiger partial charge in [-0.2, -0.15) is 0 Å². The highest BCUT2D eigenvalue weighted by Crippen LogP contribution is 2.16. The van der Waals surface area contributed by atoms with Crippen molar-refractivity contribution in [2.75, 3.05) is 36.3 Å². The summed E-state index contributed by atoms with van der Waals surface area (Å²) in [4.78, 5) is 6.25. The second kappa shape index (κ2) is 4.43. The van der Waals surface area contributed by atoms with E-state index in [0.717, 1.165) is 32.0 Å². The quantitative estimate of drug-likeness (QED) is 0.677. The molecule has 0 aliphatic carbocycles. The first kappa shape index (κ1) is 10.2. The Morgan fingerprint density at radius 2 is 2.13 bits per heavy atom. The molecule has 6 nitrogen and oxygen atoms in total. The summed E-state index contributed by atoms with van der Waals surface area (Å²) >= 11 is 0. The molecule has 15 heavy (non-hydrogen) atoms. The summed E-state index contributed by atoms with van der Waals surface area (Å²) in [6.07, 6.45) is 1.37. The number of hydrogen-bond acceptors (Lipinski definition) is 6. The van der Waals surface area contributed by atoms with Gasteiger partial charge in [-0.05, 0) is 12.1 Å². The fourth-order valence-electron chi connectivity index (χ4n) is 1.57. The van der Waals surface area contributed by atoms with E-state index in [9.17, 15) is 5.21 Å². The van der Waals surface area contributed by atoms with Crippen LogP contribution in [0.2, 0.25) is 0 Å². The molecule has 1 aromatic rings. The van der Waals surface area contributed by atoms with Crippen LogP contribution in [0.1, 0.15) is 0 Å². The summed E-state index contributed by atoms with van der Waals surface area (Å²) in [5, 5.41) is 22.2. The molecule has 1 fully saturated rings. The molecule has 0 unspecified atom stereocenters. The Bertz CT molecular complexity index is 308. The van der Waals surface area contributed by atoms with Gasteiger partial charge in [0.1, 0.15) is 5.82 Å². The maximum atomic E-state index is 10.5. The lowest BCUT2D eigenvalue weighted by Gasteiger charge is -2.29. The summed E-state index contributed by atoms with van der Waals surface area (Å²) in [6, 6.07) is 3.29. The van der Waals surface area contributed by atoms with Crippen molar-refractivity contribution < 1.29 is 5.21 Å². The van der Waals surface area contributed by atoms with E-state index in [1.54, 1.807) is 12.1 Å². The van der Waals surface area contributed by atoms with Gasteiger partial charge in [0.2, 0.25) is 0 Å². The first-order chi connectivity index (χ1) is 7.27. The van der Waals surface area contributed by atoms with Crippen molar-refractivity contribution in [1.29, 1.82) is 0 Å². The van der Waals surface area contributed by atoms with Gasteiger partial charge in [0.05, 0.1) is 11.9 Å². The molecule has 2 N–H and O–H groups in total. The number of hydrogen-bond donors (Lipinski definition) is 2. The van der Waals surface area contributed by atoms with Crippen molar-refractivity contribution in [3.63, 3.8) is 0 Å². The average Bonchev–Trinajstić information content (AvgIpc) is 2.30. The minimum atomic E-state index is -0.186. The fraction of sp³-hybridized carbons (Fsp3) is 0.444. The molecule has 1 aliphatic rings. The predicted molar refractivity (Wildman–Crippen MR) is 57.0 cm³/mol. The summed E-state index contributed by atoms with van der Waals surface area (Å²) in [7, 11) is 0. The van der Waals surface area contributed by atoms with Gasteiger partial charge in [-0.25, -0.2) is 4.98 Å². The highest BCUT2D eigenvalue weighted by atomic mass is 16.8. The third kappa shape index (κ3) is 2.35. The van der Waals surface area contributed by atoms with Crippen molar-refractivity contribution in [2.45, 2.75) is 0 Å². The van der Waals surface area contributed by atoms with Gasteiger partial charge in [0.25, 0.3) is 0 Å². The number of nitrogens with one attached hydrogen (secondary N) is 1.